The summed E-state index contributed by atoms with van der Waals surface area (Å²) in [6, 6.07) is 16.7. The van der Waals surface area contributed by atoms with Crippen LogP contribution < -0.4 is 10.1 Å². The van der Waals surface area contributed by atoms with Gasteiger partial charge in [-0.05, 0) is 61.0 Å². The molecular formula is C22H24ClN3O2. The first-order valence-corrected chi connectivity index (χ1v) is 9.79. The maximum atomic E-state index is 12.8. The fourth-order valence-corrected chi connectivity index (χ4v) is 3.02. The number of aromatic nitrogens is 2. The van der Waals surface area contributed by atoms with Gasteiger partial charge in [0, 0.05) is 17.1 Å². The summed E-state index contributed by atoms with van der Waals surface area (Å²) in [5, 5.41) is 8.30. The van der Waals surface area contributed by atoms with Crippen LogP contribution in [0.2, 0.25) is 5.02 Å². The number of nitrogens with one attached hydrogen (secondary N) is 1. The van der Waals surface area contributed by atoms with Gasteiger partial charge in [-0.2, -0.15) is 5.10 Å². The van der Waals surface area contributed by atoms with Crippen molar-refractivity contribution in [3.8, 4) is 22.7 Å². The van der Waals surface area contributed by atoms with E-state index in [1.54, 1.807) is 23.9 Å². The Balaban J connectivity index is 1.94. The highest BCUT2D eigenvalue weighted by atomic mass is 35.5. The molecule has 0 saturated heterocycles. The number of carbonyl (C=O) groups excluding carboxylic acids is 1. The van der Waals surface area contributed by atoms with Crippen molar-refractivity contribution in [1.29, 1.82) is 0 Å². The molecule has 146 valence electrons. The summed E-state index contributed by atoms with van der Waals surface area (Å²) in [6.45, 7) is 2.79. The van der Waals surface area contributed by atoms with Gasteiger partial charge in [-0.25, -0.2) is 4.68 Å². The van der Waals surface area contributed by atoms with E-state index in [0.29, 0.717) is 17.3 Å². The number of nitrogens with zero attached hydrogens (tertiary/aromatic N) is 2. The van der Waals surface area contributed by atoms with Crippen molar-refractivity contribution in [2.45, 2.75) is 26.2 Å². The molecule has 0 saturated carbocycles. The van der Waals surface area contributed by atoms with E-state index in [-0.39, 0.29) is 5.91 Å². The van der Waals surface area contributed by atoms with Crippen LogP contribution in [-0.2, 0) is 0 Å². The number of amides is 1. The number of carbonyl (C=O) groups is 1. The van der Waals surface area contributed by atoms with Crippen LogP contribution in [0.3, 0.4) is 0 Å². The number of halogens is 1. The SMILES string of the molecule is CCCCCNC(=O)c1cc(-c2ccc(OC)cc2)nn1-c1ccc(Cl)cc1. The van der Waals surface area contributed by atoms with Gasteiger partial charge in [0.05, 0.1) is 18.5 Å². The minimum Gasteiger partial charge on any atom is -0.497 e. The smallest absolute Gasteiger partial charge is 0.270 e. The number of hydrogen-bond acceptors (Lipinski definition) is 3. The Bertz CT molecular complexity index is 918. The van der Waals surface area contributed by atoms with Gasteiger partial charge in [-0.3, -0.25) is 4.79 Å². The number of unbranched alkanes of at least 4 members (excludes halogenated alkanes) is 2. The number of benzene rings is 2. The molecule has 3 aromatic rings. The molecule has 0 aliphatic heterocycles. The second kappa shape index (κ2) is 9.42. The summed E-state index contributed by atoms with van der Waals surface area (Å²) in [6.07, 6.45) is 3.16. The third kappa shape index (κ3) is 4.73. The average molecular weight is 398 g/mol. The standard InChI is InChI=1S/C22H24ClN3O2/c1-3-4-5-14-24-22(27)21-15-20(16-6-12-19(28-2)13-7-16)25-26(21)18-10-8-17(23)9-11-18/h6-13,15H,3-5,14H2,1-2H3,(H,24,27). The molecule has 6 heteroatoms. The van der Waals surface area contributed by atoms with Crippen molar-refractivity contribution in [2.24, 2.45) is 0 Å². The zero-order valence-corrected chi connectivity index (χ0v) is 16.9. The van der Waals surface area contributed by atoms with E-state index in [1.807, 2.05) is 42.5 Å². The molecule has 1 aromatic heterocycles. The molecule has 2 aromatic carbocycles. The van der Waals surface area contributed by atoms with E-state index in [4.69, 9.17) is 16.3 Å². The lowest BCUT2D eigenvalue weighted by Crippen LogP contribution is -2.26. The topological polar surface area (TPSA) is 56.1 Å². The molecule has 0 radical (unpaired) electrons. The summed E-state index contributed by atoms with van der Waals surface area (Å²) >= 11 is 6.01. The number of hydrogen-bond donors (Lipinski definition) is 1. The first-order chi connectivity index (χ1) is 13.6. The normalized spacial score (nSPS) is 10.7. The average Bonchev–Trinajstić information content (AvgIpc) is 3.17. The molecule has 28 heavy (non-hydrogen) atoms. The van der Waals surface area contributed by atoms with Gasteiger partial charge in [0.15, 0.2) is 0 Å². The quantitative estimate of drug-likeness (QED) is 0.536. The van der Waals surface area contributed by atoms with E-state index in [9.17, 15) is 4.79 Å². The van der Waals surface area contributed by atoms with E-state index in [0.717, 1.165) is 42.0 Å². The lowest BCUT2D eigenvalue weighted by atomic mass is 10.1. The van der Waals surface area contributed by atoms with Crippen LogP contribution in [0.4, 0.5) is 0 Å². The van der Waals surface area contributed by atoms with Crippen molar-refractivity contribution in [2.75, 3.05) is 13.7 Å². The predicted octanol–water partition coefficient (Wildman–Crippen LogP) is 5.12. The minimum absolute atomic E-state index is 0.140. The van der Waals surface area contributed by atoms with Gasteiger partial charge >= 0.3 is 0 Å². The zero-order chi connectivity index (χ0) is 19.9. The van der Waals surface area contributed by atoms with Crippen molar-refractivity contribution >= 4 is 17.5 Å². The van der Waals surface area contributed by atoms with Crippen LogP contribution in [0.1, 0.15) is 36.7 Å². The molecule has 1 amide bonds. The summed E-state index contributed by atoms with van der Waals surface area (Å²) in [5.74, 6) is 0.632. The molecule has 0 bridgehead atoms. The first kappa shape index (κ1) is 20.0. The number of methoxy groups -OCH3 is 1. The van der Waals surface area contributed by atoms with Gasteiger partial charge in [0.1, 0.15) is 11.4 Å². The summed E-state index contributed by atoms with van der Waals surface area (Å²) < 4.78 is 6.87. The first-order valence-electron chi connectivity index (χ1n) is 9.41. The Morgan fingerprint density at radius 2 is 1.82 bits per heavy atom. The molecule has 5 nitrogen and oxygen atoms in total. The highest BCUT2D eigenvalue weighted by Gasteiger charge is 2.17. The number of rotatable bonds is 8. The van der Waals surface area contributed by atoms with Crippen LogP contribution >= 0.6 is 11.6 Å². The van der Waals surface area contributed by atoms with Gasteiger partial charge in [0.25, 0.3) is 5.91 Å². The van der Waals surface area contributed by atoms with Crippen molar-refractivity contribution in [3.05, 3.63) is 65.3 Å². The molecule has 0 unspecified atom stereocenters. The lowest BCUT2D eigenvalue weighted by molar-refractivity contribution is 0.0945. The second-order valence-corrected chi connectivity index (χ2v) is 6.93. The predicted molar refractivity (Wildman–Crippen MR) is 112 cm³/mol. The van der Waals surface area contributed by atoms with Crippen molar-refractivity contribution < 1.29 is 9.53 Å². The summed E-state index contributed by atoms with van der Waals surface area (Å²) in [7, 11) is 1.63. The van der Waals surface area contributed by atoms with Crippen LogP contribution in [0.15, 0.2) is 54.6 Å². The maximum absolute atomic E-state index is 12.8. The molecule has 0 aliphatic carbocycles. The molecule has 1 heterocycles. The van der Waals surface area contributed by atoms with E-state index >= 15 is 0 Å². The van der Waals surface area contributed by atoms with Crippen LogP contribution in [0.5, 0.6) is 5.75 Å². The van der Waals surface area contributed by atoms with Crippen LogP contribution in [-0.4, -0.2) is 29.3 Å². The highest BCUT2D eigenvalue weighted by Crippen LogP contribution is 2.24. The third-order valence-electron chi connectivity index (χ3n) is 4.46. The maximum Gasteiger partial charge on any atom is 0.270 e. The van der Waals surface area contributed by atoms with Gasteiger partial charge < -0.3 is 10.1 Å². The fourth-order valence-electron chi connectivity index (χ4n) is 2.89. The Hall–Kier alpha value is -2.79. The zero-order valence-electron chi connectivity index (χ0n) is 16.1. The lowest BCUT2D eigenvalue weighted by Gasteiger charge is -2.08. The van der Waals surface area contributed by atoms with E-state index in [2.05, 4.69) is 17.3 Å². The van der Waals surface area contributed by atoms with Crippen LogP contribution in [0.25, 0.3) is 16.9 Å². The third-order valence-corrected chi connectivity index (χ3v) is 4.72. The van der Waals surface area contributed by atoms with Gasteiger partial charge in [0.2, 0.25) is 0 Å². The van der Waals surface area contributed by atoms with Crippen molar-refractivity contribution in [3.63, 3.8) is 0 Å². The molecular weight excluding hydrogens is 374 g/mol. The summed E-state index contributed by atoms with van der Waals surface area (Å²) in [4.78, 5) is 12.8. The van der Waals surface area contributed by atoms with E-state index in [1.165, 1.54) is 0 Å². The second-order valence-electron chi connectivity index (χ2n) is 6.49. The summed E-state index contributed by atoms with van der Waals surface area (Å²) in [5.41, 5.74) is 2.90. The molecule has 1 N–H and O–H groups in total. The largest absolute Gasteiger partial charge is 0.497 e. The molecule has 0 atom stereocenters. The Labute approximate surface area is 170 Å². The molecule has 0 spiro atoms. The fraction of sp³-hybridized carbons (Fsp3) is 0.273. The van der Waals surface area contributed by atoms with Crippen molar-refractivity contribution in [1.82, 2.24) is 15.1 Å². The molecule has 0 fully saturated rings. The Kier molecular flexibility index (Phi) is 6.71. The van der Waals surface area contributed by atoms with Crippen LogP contribution in [0, 0.1) is 0 Å². The molecule has 3 rings (SSSR count). The monoisotopic (exact) mass is 397 g/mol. The van der Waals surface area contributed by atoms with Gasteiger partial charge in [-0.1, -0.05) is 31.4 Å². The van der Waals surface area contributed by atoms with E-state index < -0.39 is 0 Å². The molecule has 0 aliphatic rings. The highest BCUT2D eigenvalue weighted by molar-refractivity contribution is 6.30. The Morgan fingerprint density at radius 3 is 2.46 bits per heavy atom. The van der Waals surface area contributed by atoms with Gasteiger partial charge in [-0.15, -0.1) is 0 Å². The minimum atomic E-state index is -0.140. The number of ether oxygens (including phenoxy) is 1. The Morgan fingerprint density at radius 1 is 1.11 bits per heavy atom.